The first-order valence-corrected chi connectivity index (χ1v) is 10.3. The van der Waals surface area contributed by atoms with Gasteiger partial charge in [0.1, 0.15) is 10.7 Å². The van der Waals surface area contributed by atoms with E-state index >= 15 is 0 Å². The summed E-state index contributed by atoms with van der Waals surface area (Å²) < 4.78 is 38.6. The Balaban J connectivity index is 1.42. The predicted molar refractivity (Wildman–Crippen MR) is 99.9 cm³/mol. The molecule has 5 nitrogen and oxygen atoms in total. The van der Waals surface area contributed by atoms with Crippen molar-refractivity contribution < 1.29 is 17.6 Å². The lowest BCUT2D eigenvalue weighted by molar-refractivity contribution is -0.128. The lowest BCUT2D eigenvalue weighted by Gasteiger charge is -2.34. The molecular formula is C20H19FN2O3S. The Morgan fingerprint density at radius 2 is 1.74 bits per heavy atom. The molecule has 4 rings (SSSR count). The third kappa shape index (κ3) is 3.40. The van der Waals surface area contributed by atoms with Crippen LogP contribution in [-0.4, -0.2) is 50.3 Å². The van der Waals surface area contributed by atoms with Gasteiger partial charge in [-0.3, -0.25) is 9.69 Å². The van der Waals surface area contributed by atoms with Crippen LogP contribution in [0.15, 0.2) is 58.3 Å². The van der Waals surface area contributed by atoms with Gasteiger partial charge in [0.05, 0.1) is 4.90 Å². The number of hydrogen-bond donors (Lipinski definition) is 0. The number of amides is 1. The van der Waals surface area contributed by atoms with Gasteiger partial charge in [0.25, 0.3) is 5.91 Å². The summed E-state index contributed by atoms with van der Waals surface area (Å²) in [5.41, 5.74) is 1.44. The fourth-order valence-electron chi connectivity index (χ4n) is 3.52. The van der Waals surface area contributed by atoms with Gasteiger partial charge in [-0.2, -0.15) is 0 Å². The van der Waals surface area contributed by atoms with Gasteiger partial charge < -0.3 is 4.90 Å². The van der Waals surface area contributed by atoms with Crippen LogP contribution in [0.1, 0.15) is 11.1 Å². The largest absolute Gasteiger partial charge is 0.335 e. The van der Waals surface area contributed by atoms with Crippen LogP contribution >= 0.6 is 0 Å². The molecule has 0 unspecified atom stereocenters. The number of benzene rings is 2. The normalized spacial score (nSPS) is 18.9. The van der Waals surface area contributed by atoms with Gasteiger partial charge in [0.15, 0.2) is 0 Å². The standard InChI is InChI=1S/C20H19FN2O3S/c21-17-6-3-4-15(12-17)14-22-8-10-23(11-9-22)20(24)19-13-16-5-1-2-7-18(16)27(19,25)26/h1-7,12-13H,8-11,14H2. The topological polar surface area (TPSA) is 57.7 Å². The molecule has 0 atom stereocenters. The predicted octanol–water partition coefficient (Wildman–Crippen LogP) is 2.30. The maximum Gasteiger partial charge on any atom is 0.265 e. The van der Waals surface area contributed by atoms with E-state index in [4.69, 9.17) is 0 Å². The van der Waals surface area contributed by atoms with E-state index < -0.39 is 15.7 Å². The highest BCUT2D eigenvalue weighted by molar-refractivity contribution is 7.96. The molecule has 2 aliphatic rings. The number of halogens is 1. The fourth-order valence-corrected chi connectivity index (χ4v) is 5.09. The van der Waals surface area contributed by atoms with Crippen molar-refractivity contribution in [2.45, 2.75) is 11.4 Å². The average molecular weight is 386 g/mol. The van der Waals surface area contributed by atoms with Crippen molar-refractivity contribution in [1.82, 2.24) is 9.80 Å². The van der Waals surface area contributed by atoms with Gasteiger partial charge in [0, 0.05) is 32.7 Å². The zero-order valence-corrected chi connectivity index (χ0v) is 15.5. The maximum atomic E-state index is 13.3. The second-order valence-electron chi connectivity index (χ2n) is 6.75. The molecule has 0 N–H and O–H groups in total. The number of carbonyl (C=O) groups is 1. The first kappa shape index (κ1) is 17.9. The summed E-state index contributed by atoms with van der Waals surface area (Å²) in [7, 11) is -3.75. The Hall–Kier alpha value is -2.51. The Labute approximate surface area is 157 Å². The molecule has 0 spiro atoms. The number of sulfone groups is 1. The molecule has 0 aromatic heterocycles. The smallest absolute Gasteiger partial charge is 0.265 e. The first-order chi connectivity index (χ1) is 12.9. The Morgan fingerprint density at radius 3 is 2.44 bits per heavy atom. The van der Waals surface area contributed by atoms with Crippen LogP contribution in [0.5, 0.6) is 0 Å². The zero-order chi connectivity index (χ0) is 19.0. The SMILES string of the molecule is O=C(C1=Cc2ccccc2S1(=O)=O)N1CCN(Cc2cccc(F)c2)CC1. The van der Waals surface area contributed by atoms with Gasteiger partial charge in [-0.15, -0.1) is 0 Å². The molecule has 1 fully saturated rings. The molecule has 1 amide bonds. The van der Waals surface area contributed by atoms with Crippen LogP contribution in [0, 0.1) is 5.82 Å². The molecule has 0 saturated carbocycles. The van der Waals surface area contributed by atoms with E-state index in [1.807, 2.05) is 6.07 Å². The van der Waals surface area contributed by atoms with Crippen LogP contribution in [0.25, 0.3) is 6.08 Å². The van der Waals surface area contributed by atoms with Crippen molar-refractivity contribution in [1.29, 1.82) is 0 Å². The minimum Gasteiger partial charge on any atom is -0.335 e. The van der Waals surface area contributed by atoms with Crippen LogP contribution < -0.4 is 0 Å². The summed E-state index contributed by atoms with van der Waals surface area (Å²) in [6, 6.07) is 13.1. The maximum absolute atomic E-state index is 13.3. The Morgan fingerprint density at radius 1 is 1.00 bits per heavy atom. The summed E-state index contributed by atoms with van der Waals surface area (Å²) in [6.07, 6.45) is 1.46. The molecule has 0 bridgehead atoms. The van der Waals surface area contributed by atoms with E-state index in [1.165, 1.54) is 24.3 Å². The second-order valence-corrected chi connectivity index (χ2v) is 8.63. The van der Waals surface area contributed by atoms with Crippen molar-refractivity contribution >= 4 is 21.8 Å². The van der Waals surface area contributed by atoms with E-state index in [1.54, 1.807) is 29.2 Å². The van der Waals surface area contributed by atoms with Gasteiger partial charge in [-0.1, -0.05) is 30.3 Å². The summed E-state index contributed by atoms with van der Waals surface area (Å²) >= 11 is 0. The lowest BCUT2D eigenvalue weighted by atomic mass is 10.2. The van der Waals surface area contributed by atoms with Crippen molar-refractivity contribution in [3.8, 4) is 0 Å². The Bertz CT molecular complexity index is 1030. The zero-order valence-electron chi connectivity index (χ0n) is 14.6. The minimum atomic E-state index is -3.75. The number of piperazine rings is 1. The first-order valence-electron chi connectivity index (χ1n) is 8.77. The second kappa shape index (κ2) is 6.90. The average Bonchev–Trinajstić information content (AvgIpc) is 2.93. The third-order valence-corrected chi connectivity index (χ3v) is 6.77. The number of fused-ring (bicyclic) bond motifs is 1. The summed E-state index contributed by atoms with van der Waals surface area (Å²) in [5.74, 6) is -0.712. The molecule has 7 heteroatoms. The fraction of sp³-hybridized carbons (Fsp3) is 0.250. The molecular weight excluding hydrogens is 367 g/mol. The number of carbonyl (C=O) groups excluding carboxylic acids is 1. The minimum absolute atomic E-state index is 0.151. The van der Waals surface area contributed by atoms with Crippen LogP contribution in [0.4, 0.5) is 4.39 Å². The molecule has 0 radical (unpaired) electrons. The van der Waals surface area contributed by atoms with Crippen molar-refractivity contribution in [2.75, 3.05) is 26.2 Å². The van der Waals surface area contributed by atoms with Crippen molar-refractivity contribution in [2.24, 2.45) is 0 Å². The molecule has 2 aromatic rings. The highest BCUT2D eigenvalue weighted by atomic mass is 32.2. The monoisotopic (exact) mass is 386 g/mol. The van der Waals surface area contributed by atoms with Crippen LogP contribution in [0.2, 0.25) is 0 Å². The number of rotatable bonds is 3. The summed E-state index contributed by atoms with van der Waals surface area (Å²) in [6.45, 7) is 2.71. The molecule has 140 valence electrons. The summed E-state index contributed by atoms with van der Waals surface area (Å²) in [4.78, 5) is 16.6. The highest BCUT2D eigenvalue weighted by Gasteiger charge is 2.37. The molecule has 27 heavy (non-hydrogen) atoms. The molecule has 2 aliphatic heterocycles. The molecule has 2 heterocycles. The van der Waals surface area contributed by atoms with E-state index in [-0.39, 0.29) is 15.6 Å². The summed E-state index contributed by atoms with van der Waals surface area (Å²) in [5, 5.41) is 0. The van der Waals surface area contributed by atoms with Gasteiger partial charge in [-0.05, 0) is 35.4 Å². The number of nitrogens with zero attached hydrogens (tertiary/aromatic N) is 2. The van der Waals surface area contributed by atoms with Crippen LogP contribution in [-0.2, 0) is 21.2 Å². The molecule has 0 aliphatic carbocycles. The lowest BCUT2D eigenvalue weighted by Crippen LogP contribution is -2.49. The van der Waals surface area contributed by atoms with Crippen LogP contribution in [0.3, 0.4) is 0 Å². The van der Waals surface area contributed by atoms with E-state index in [0.29, 0.717) is 38.3 Å². The van der Waals surface area contributed by atoms with Gasteiger partial charge >= 0.3 is 0 Å². The van der Waals surface area contributed by atoms with E-state index in [2.05, 4.69) is 4.90 Å². The molecule has 1 saturated heterocycles. The van der Waals surface area contributed by atoms with E-state index in [9.17, 15) is 17.6 Å². The van der Waals surface area contributed by atoms with Gasteiger partial charge in [-0.25, -0.2) is 12.8 Å². The Kier molecular flexibility index (Phi) is 4.57. The highest BCUT2D eigenvalue weighted by Crippen LogP contribution is 2.33. The van der Waals surface area contributed by atoms with E-state index in [0.717, 1.165) is 5.56 Å². The van der Waals surface area contributed by atoms with Gasteiger partial charge in [0.2, 0.25) is 9.84 Å². The third-order valence-electron chi connectivity index (χ3n) is 4.95. The van der Waals surface area contributed by atoms with Crippen molar-refractivity contribution in [3.05, 3.63) is 70.4 Å². The van der Waals surface area contributed by atoms with Crippen molar-refractivity contribution in [3.63, 3.8) is 0 Å². The molecule has 2 aromatic carbocycles. The number of hydrogen-bond acceptors (Lipinski definition) is 4. The quantitative estimate of drug-likeness (QED) is 0.812.